The molecule has 0 aliphatic heterocycles. The molecule has 0 radical (unpaired) electrons. The summed E-state index contributed by atoms with van der Waals surface area (Å²) in [6.45, 7) is 1.47. The van der Waals surface area contributed by atoms with Gasteiger partial charge in [0.2, 0.25) is 5.91 Å². The van der Waals surface area contributed by atoms with Crippen LogP contribution in [0, 0.1) is 12.7 Å². The molecule has 1 aromatic heterocycles. The number of nitrogens with zero attached hydrogens (tertiary/aromatic N) is 2. The largest absolute Gasteiger partial charge is 0.493 e. The first kappa shape index (κ1) is 24.9. The van der Waals surface area contributed by atoms with Crippen LogP contribution in [-0.4, -0.2) is 47.9 Å². The van der Waals surface area contributed by atoms with Crippen molar-refractivity contribution < 1.29 is 23.8 Å². The lowest BCUT2D eigenvalue weighted by atomic mass is 10.1. The predicted octanol–water partition coefficient (Wildman–Crippen LogP) is 2.27. The first-order chi connectivity index (χ1) is 16.4. The number of aliphatic hydroxyl groups excluding tert-OH is 1. The first-order valence-corrected chi connectivity index (χ1v) is 10.8. The number of benzene rings is 2. The minimum absolute atomic E-state index is 0.113. The highest BCUT2D eigenvalue weighted by atomic mass is 19.1. The molecule has 0 unspecified atom stereocenters. The van der Waals surface area contributed by atoms with Crippen LogP contribution >= 0.6 is 0 Å². The van der Waals surface area contributed by atoms with E-state index in [1.54, 1.807) is 33.3 Å². The summed E-state index contributed by atoms with van der Waals surface area (Å²) >= 11 is 0. The predicted molar refractivity (Wildman–Crippen MR) is 126 cm³/mol. The number of rotatable bonds is 10. The van der Waals surface area contributed by atoms with E-state index in [-0.39, 0.29) is 31.3 Å². The third-order valence-electron chi connectivity index (χ3n) is 5.40. The Labute approximate surface area is 197 Å². The SMILES string of the molecule is COc1ccc(CCNC(=O)Cn2c(-c3cccc(F)c3)nc(C)c(CCO)c2=O)cc1OC. The van der Waals surface area contributed by atoms with Gasteiger partial charge in [0.1, 0.15) is 18.2 Å². The second kappa shape index (κ2) is 11.4. The van der Waals surface area contributed by atoms with Crippen LogP contribution in [0.2, 0.25) is 0 Å². The molecule has 0 atom stereocenters. The van der Waals surface area contributed by atoms with Crippen LogP contribution in [0.25, 0.3) is 11.4 Å². The minimum Gasteiger partial charge on any atom is -0.493 e. The van der Waals surface area contributed by atoms with Crippen molar-refractivity contribution in [2.75, 3.05) is 27.4 Å². The van der Waals surface area contributed by atoms with Crippen molar-refractivity contribution in [3.63, 3.8) is 0 Å². The van der Waals surface area contributed by atoms with Gasteiger partial charge in [-0.05, 0) is 43.2 Å². The van der Waals surface area contributed by atoms with E-state index in [0.29, 0.717) is 41.3 Å². The molecule has 180 valence electrons. The Hall–Kier alpha value is -3.72. The quantitative estimate of drug-likeness (QED) is 0.472. The van der Waals surface area contributed by atoms with Gasteiger partial charge in [-0.3, -0.25) is 14.2 Å². The lowest BCUT2D eigenvalue weighted by Crippen LogP contribution is -2.36. The maximum atomic E-state index is 13.8. The molecule has 0 spiro atoms. The molecule has 1 amide bonds. The van der Waals surface area contributed by atoms with Crippen molar-refractivity contribution in [3.8, 4) is 22.9 Å². The number of amides is 1. The van der Waals surface area contributed by atoms with E-state index in [0.717, 1.165) is 5.56 Å². The first-order valence-electron chi connectivity index (χ1n) is 10.8. The molecule has 1 heterocycles. The number of ether oxygens (including phenoxy) is 2. The zero-order valence-electron chi connectivity index (χ0n) is 19.4. The topological polar surface area (TPSA) is 103 Å². The Morgan fingerprint density at radius 1 is 1.12 bits per heavy atom. The Bertz CT molecular complexity index is 1230. The second-order valence-corrected chi connectivity index (χ2v) is 7.66. The smallest absolute Gasteiger partial charge is 0.257 e. The molecule has 0 saturated heterocycles. The van der Waals surface area contributed by atoms with Gasteiger partial charge in [0.25, 0.3) is 5.56 Å². The molecule has 2 N–H and O–H groups in total. The van der Waals surface area contributed by atoms with E-state index in [2.05, 4.69) is 10.3 Å². The van der Waals surface area contributed by atoms with Gasteiger partial charge in [-0.1, -0.05) is 18.2 Å². The summed E-state index contributed by atoms with van der Waals surface area (Å²) in [6, 6.07) is 11.2. The zero-order valence-corrected chi connectivity index (χ0v) is 19.4. The summed E-state index contributed by atoms with van der Waals surface area (Å²) in [6.07, 6.45) is 0.654. The van der Waals surface area contributed by atoms with E-state index in [9.17, 15) is 19.1 Å². The van der Waals surface area contributed by atoms with E-state index in [1.807, 2.05) is 12.1 Å². The maximum Gasteiger partial charge on any atom is 0.257 e. The van der Waals surface area contributed by atoms with Gasteiger partial charge in [-0.15, -0.1) is 0 Å². The highest BCUT2D eigenvalue weighted by Crippen LogP contribution is 2.27. The number of halogens is 1. The Kier molecular flexibility index (Phi) is 8.37. The second-order valence-electron chi connectivity index (χ2n) is 7.66. The number of hydrogen-bond donors (Lipinski definition) is 2. The molecule has 9 heteroatoms. The van der Waals surface area contributed by atoms with Crippen LogP contribution in [0.1, 0.15) is 16.8 Å². The summed E-state index contributed by atoms with van der Waals surface area (Å²) in [5.74, 6) is 0.541. The van der Waals surface area contributed by atoms with Gasteiger partial charge in [0.05, 0.1) is 14.2 Å². The monoisotopic (exact) mass is 469 g/mol. The molecule has 0 aliphatic rings. The average Bonchev–Trinajstić information content (AvgIpc) is 2.83. The van der Waals surface area contributed by atoms with Crippen LogP contribution < -0.4 is 20.3 Å². The van der Waals surface area contributed by atoms with Gasteiger partial charge in [0, 0.05) is 36.4 Å². The number of aryl methyl sites for hydroxylation is 1. The number of aliphatic hydroxyl groups is 1. The molecule has 0 saturated carbocycles. The summed E-state index contributed by atoms with van der Waals surface area (Å²) in [5, 5.41) is 12.1. The summed E-state index contributed by atoms with van der Waals surface area (Å²) < 4.78 is 25.6. The van der Waals surface area contributed by atoms with E-state index < -0.39 is 11.4 Å². The van der Waals surface area contributed by atoms with E-state index >= 15 is 0 Å². The fraction of sp³-hybridized carbons (Fsp3) is 0.320. The van der Waals surface area contributed by atoms with Crippen LogP contribution in [0.4, 0.5) is 4.39 Å². The van der Waals surface area contributed by atoms with Crippen molar-refractivity contribution in [2.24, 2.45) is 0 Å². The van der Waals surface area contributed by atoms with Gasteiger partial charge in [-0.2, -0.15) is 0 Å². The van der Waals surface area contributed by atoms with Gasteiger partial charge in [-0.25, -0.2) is 9.37 Å². The fourth-order valence-corrected chi connectivity index (χ4v) is 3.68. The summed E-state index contributed by atoms with van der Waals surface area (Å²) in [4.78, 5) is 30.3. The molecular weight excluding hydrogens is 441 g/mol. The standard InChI is InChI=1S/C25H28FN3O5/c1-16-20(10-12-30)25(32)29(24(28-16)18-5-4-6-19(26)14-18)15-23(31)27-11-9-17-7-8-21(33-2)22(13-17)34-3/h4-8,13-14,30H,9-12,15H2,1-3H3,(H,27,31). The lowest BCUT2D eigenvalue weighted by molar-refractivity contribution is -0.121. The Balaban J connectivity index is 1.80. The van der Waals surface area contributed by atoms with E-state index in [1.165, 1.54) is 22.8 Å². The maximum absolute atomic E-state index is 13.8. The fourth-order valence-electron chi connectivity index (χ4n) is 3.68. The third-order valence-corrected chi connectivity index (χ3v) is 5.40. The van der Waals surface area contributed by atoms with Crippen molar-refractivity contribution in [3.05, 3.63) is 75.5 Å². The Morgan fingerprint density at radius 2 is 1.88 bits per heavy atom. The molecule has 34 heavy (non-hydrogen) atoms. The molecule has 2 aromatic carbocycles. The number of aromatic nitrogens is 2. The van der Waals surface area contributed by atoms with Gasteiger partial charge >= 0.3 is 0 Å². The van der Waals surface area contributed by atoms with Crippen LogP contribution in [0.15, 0.2) is 47.3 Å². The highest BCUT2D eigenvalue weighted by Gasteiger charge is 2.18. The van der Waals surface area contributed by atoms with Crippen LogP contribution in [-0.2, 0) is 24.2 Å². The highest BCUT2D eigenvalue weighted by molar-refractivity contribution is 5.76. The van der Waals surface area contributed by atoms with Crippen molar-refractivity contribution in [1.29, 1.82) is 0 Å². The molecule has 8 nitrogen and oxygen atoms in total. The van der Waals surface area contributed by atoms with Crippen molar-refractivity contribution in [1.82, 2.24) is 14.9 Å². The van der Waals surface area contributed by atoms with Crippen LogP contribution in [0.5, 0.6) is 11.5 Å². The molecule has 0 fully saturated rings. The molecule has 3 rings (SSSR count). The average molecular weight is 470 g/mol. The molecule has 0 bridgehead atoms. The Morgan fingerprint density at radius 3 is 2.56 bits per heavy atom. The number of nitrogens with one attached hydrogen (secondary N) is 1. The number of hydrogen-bond acceptors (Lipinski definition) is 6. The number of carbonyl (C=O) groups is 1. The molecular formula is C25H28FN3O5. The number of methoxy groups -OCH3 is 2. The minimum atomic E-state index is -0.477. The lowest BCUT2D eigenvalue weighted by Gasteiger charge is -2.16. The van der Waals surface area contributed by atoms with Crippen molar-refractivity contribution >= 4 is 5.91 Å². The third kappa shape index (κ3) is 5.79. The normalized spacial score (nSPS) is 10.7. The van der Waals surface area contributed by atoms with Gasteiger partial charge in [0.15, 0.2) is 11.5 Å². The van der Waals surface area contributed by atoms with Crippen LogP contribution in [0.3, 0.4) is 0 Å². The van der Waals surface area contributed by atoms with E-state index in [4.69, 9.17) is 9.47 Å². The van der Waals surface area contributed by atoms with Gasteiger partial charge < -0.3 is 19.9 Å². The summed E-state index contributed by atoms with van der Waals surface area (Å²) in [7, 11) is 3.11. The molecule has 0 aliphatic carbocycles. The summed E-state index contributed by atoms with van der Waals surface area (Å²) in [5.41, 5.74) is 1.65. The van der Waals surface area contributed by atoms with Crippen molar-refractivity contribution in [2.45, 2.75) is 26.3 Å². The number of carbonyl (C=O) groups excluding carboxylic acids is 1. The zero-order chi connectivity index (χ0) is 24.7. The molecule has 3 aromatic rings.